The Morgan fingerprint density at radius 3 is 2.46 bits per heavy atom. The van der Waals surface area contributed by atoms with E-state index in [1.807, 2.05) is 0 Å². The first-order chi connectivity index (χ1) is 19.3. The summed E-state index contributed by atoms with van der Waals surface area (Å²) in [7, 11) is 1.34. The van der Waals surface area contributed by atoms with E-state index in [9.17, 15) is 39.9 Å². The Hall–Kier alpha value is -3.55. The molecule has 3 aliphatic rings. The van der Waals surface area contributed by atoms with Gasteiger partial charge in [-0.25, -0.2) is 0 Å². The number of ether oxygens (including phenoxy) is 3. The summed E-state index contributed by atoms with van der Waals surface area (Å²) in [6.07, 6.45) is -6.03. The summed E-state index contributed by atoms with van der Waals surface area (Å²) < 4.78 is 17.3. The van der Waals surface area contributed by atoms with Gasteiger partial charge in [-0.1, -0.05) is 12.1 Å². The maximum atomic E-state index is 13.7. The molecule has 0 unspecified atom stereocenters. The third-order valence-electron chi connectivity index (χ3n) is 8.29. The molecule has 12 nitrogen and oxygen atoms in total. The third-order valence-corrected chi connectivity index (χ3v) is 8.29. The maximum Gasteiger partial charge on any atom is 0.217 e. The lowest BCUT2D eigenvalue weighted by Crippen LogP contribution is -2.55. The van der Waals surface area contributed by atoms with Crippen molar-refractivity contribution in [1.29, 1.82) is 0 Å². The number of benzene rings is 2. The maximum absolute atomic E-state index is 13.7. The lowest BCUT2D eigenvalue weighted by Gasteiger charge is -2.44. The van der Waals surface area contributed by atoms with Crippen molar-refractivity contribution < 1.29 is 54.1 Å². The summed E-state index contributed by atoms with van der Waals surface area (Å²) in [4.78, 5) is 39.0. The van der Waals surface area contributed by atoms with E-state index in [4.69, 9.17) is 14.2 Å². The number of fused-ring (bicyclic) bond motifs is 3. The van der Waals surface area contributed by atoms with Gasteiger partial charge in [0.2, 0.25) is 11.7 Å². The van der Waals surface area contributed by atoms with Crippen molar-refractivity contribution in [2.75, 3.05) is 7.11 Å². The highest BCUT2D eigenvalue weighted by Gasteiger charge is 2.49. The summed E-state index contributed by atoms with van der Waals surface area (Å²) in [5.74, 6) is -2.94. The van der Waals surface area contributed by atoms with E-state index in [1.165, 1.54) is 39.2 Å². The number of amides is 1. The SMILES string of the molecule is COc1cccc2c1C(=O)c1c(O)c3c(c(O)c1C2=O)C[C@](O)([C@H](C)O)C[C@@H]3O[C@@H]1C[C@H](NC(C)=O)[C@H](O)[C@@H](C)O1. The Morgan fingerprint density at radius 2 is 1.83 bits per heavy atom. The molecular formula is C29H33NO11. The van der Waals surface area contributed by atoms with Gasteiger partial charge in [-0.2, -0.15) is 0 Å². The van der Waals surface area contributed by atoms with Gasteiger partial charge < -0.3 is 45.1 Å². The van der Waals surface area contributed by atoms with E-state index < -0.39 is 76.5 Å². The van der Waals surface area contributed by atoms with Crippen LogP contribution in [0.4, 0.5) is 0 Å². The summed E-state index contributed by atoms with van der Waals surface area (Å²) in [6.45, 7) is 4.25. The molecule has 2 aromatic rings. The monoisotopic (exact) mass is 571 g/mol. The molecule has 6 N–H and O–H groups in total. The van der Waals surface area contributed by atoms with E-state index in [-0.39, 0.29) is 53.2 Å². The lowest BCUT2D eigenvalue weighted by atomic mass is 9.71. The number of phenolic OH excluding ortho intramolecular Hbond substituents is 2. The molecule has 220 valence electrons. The number of ketones is 2. The Balaban J connectivity index is 1.64. The minimum atomic E-state index is -1.85. The quantitative estimate of drug-likeness (QED) is 0.239. The number of aliphatic hydroxyl groups excluding tert-OH is 2. The molecule has 12 heteroatoms. The number of aliphatic hydroxyl groups is 3. The number of phenols is 2. The van der Waals surface area contributed by atoms with Crippen LogP contribution in [0.3, 0.4) is 0 Å². The number of hydrogen-bond acceptors (Lipinski definition) is 11. The highest BCUT2D eigenvalue weighted by Crippen LogP contribution is 2.52. The minimum absolute atomic E-state index is 0.00367. The van der Waals surface area contributed by atoms with E-state index in [0.717, 1.165) is 0 Å². The Kier molecular flexibility index (Phi) is 7.33. The van der Waals surface area contributed by atoms with Crippen molar-refractivity contribution >= 4 is 17.5 Å². The molecule has 0 spiro atoms. The summed E-state index contributed by atoms with van der Waals surface area (Å²) in [6, 6.07) is 3.71. The smallest absolute Gasteiger partial charge is 0.217 e. The molecule has 1 fully saturated rings. The van der Waals surface area contributed by atoms with Crippen LogP contribution in [0.25, 0.3) is 0 Å². The van der Waals surface area contributed by atoms with Gasteiger partial charge in [0.15, 0.2) is 12.1 Å². The molecule has 0 saturated carbocycles. The molecule has 7 atom stereocenters. The van der Waals surface area contributed by atoms with Crippen molar-refractivity contribution in [2.45, 2.75) is 82.4 Å². The second-order valence-corrected chi connectivity index (χ2v) is 11.0. The Labute approximate surface area is 235 Å². The second-order valence-electron chi connectivity index (χ2n) is 11.0. The van der Waals surface area contributed by atoms with Gasteiger partial charge in [0.1, 0.15) is 23.4 Å². The molecule has 2 aliphatic carbocycles. The van der Waals surface area contributed by atoms with Crippen LogP contribution in [0.5, 0.6) is 17.2 Å². The number of hydrogen-bond donors (Lipinski definition) is 6. The predicted octanol–water partition coefficient (Wildman–Crippen LogP) is 0.998. The number of rotatable bonds is 5. The zero-order valence-electron chi connectivity index (χ0n) is 23.0. The van der Waals surface area contributed by atoms with Gasteiger partial charge in [-0.3, -0.25) is 14.4 Å². The van der Waals surface area contributed by atoms with Gasteiger partial charge in [0.05, 0.1) is 53.8 Å². The molecule has 1 saturated heterocycles. The van der Waals surface area contributed by atoms with E-state index in [1.54, 1.807) is 6.92 Å². The fourth-order valence-electron chi connectivity index (χ4n) is 6.11. The number of nitrogens with one attached hydrogen (secondary N) is 1. The first kappa shape index (κ1) is 29.0. The standard InChI is InChI=1S/C29H33NO11/c1-11-24(33)16(30-13(3)32)8-19(40-11)41-18-10-29(38,12(2)31)9-15-21(18)28(37)23-22(26(15)35)25(34)14-6-5-7-17(39-4)20(14)27(23)36/h5-7,11-12,16,18-19,24,31,33,35,37-38H,8-10H2,1-4H3,(H,30,32)/t11-,12+,16+,18+,19-,24-,29-/m1/s1. The predicted molar refractivity (Wildman–Crippen MR) is 141 cm³/mol. The largest absolute Gasteiger partial charge is 0.507 e. The Morgan fingerprint density at radius 1 is 1.15 bits per heavy atom. The van der Waals surface area contributed by atoms with Gasteiger partial charge in [-0.05, 0) is 19.9 Å². The molecule has 0 radical (unpaired) electrons. The average molecular weight is 572 g/mol. The molecule has 2 aromatic carbocycles. The Bertz CT molecular complexity index is 1440. The number of aromatic hydroxyl groups is 2. The van der Waals surface area contributed by atoms with Gasteiger partial charge in [0.25, 0.3) is 0 Å². The molecule has 1 heterocycles. The molecule has 0 aromatic heterocycles. The fraction of sp³-hybridized carbons (Fsp3) is 0.483. The van der Waals surface area contributed by atoms with Gasteiger partial charge >= 0.3 is 0 Å². The van der Waals surface area contributed by atoms with Crippen LogP contribution in [-0.2, 0) is 20.7 Å². The topological polar surface area (TPSA) is 192 Å². The molecule has 1 aliphatic heterocycles. The molecule has 41 heavy (non-hydrogen) atoms. The van der Waals surface area contributed by atoms with Crippen LogP contribution >= 0.6 is 0 Å². The van der Waals surface area contributed by atoms with Gasteiger partial charge in [0, 0.05) is 42.9 Å². The third kappa shape index (κ3) is 4.65. The van der Waals surface area contributed by atoms with Crippen LogP contribution in [-0.4, -0.2) is 86.4 Å². The molecule has 0 bridgehead atoms. The van der Waals surface area contributed by atoms with Crippen molar-refractivity contribution in [3.05, 3.63) is 51.6 Å². The first-order valence-corrected chi connectivity index (χ1v) is 13.3. The lowest BCUT2D eigenvalue weighted by molar-refractivity contribution is -0.252. The summed E-state index contributed by atoms with van der Waals surface area (Å²) >= 11 is 0. The normalized spacial score (nSPS) is 29.7. The van der Waals surface area contributed by atoms with Crippen molar-refractivity contribution in [1.82, 2.24) is 5.32 Å². The average Bonchev–Trinajstić information content (AvgIpc) is 2.91. The van der Waals surface area contributed by atoms with Crippen LogP contribution in [0.15, 0.2) is 18.2 Å². The van der Waals surface area contributed by atoms with Crippen LogP contribution < -0.4 is 10.1 Å². The molecule has 5 rings (SSSR count). The van der Waals surface area contributed by atoms with E-state index in [0.29, 0.717) is 0 Å². The highest BCUT2D eigenvalue weighted by atomic mass is 16.7. The molecule has 1 amide bonds. The minimum Gasteiger partial charge on any atom is -0.507 e. The van der Waals surface area contributed by atoms with Crippen molar-refractivity contribution in [3.8, 4) is 17.2 Å². The fourth-order valence-corrected chi connectivity index (χ4v) is 6.11. The van der Waals surface area contributed by atoms with Gasteiger partial charge in [-0.15, -0.1) is 0 Å². The van der Waals surface area contributed by atoms with Crippen molar-refractivity contribution in [2.24, 2.45) is 0 Å². The zero-order chi connectivity index (χ0) is 30.0. The summed E-state index contributed by atoms with van der Waals surface area (Å²) in [5.41, 5.74) is -2.87. The second kappa shape index (κ2) is 10.4. The van der Waals surface area contributed by atoms with E-state index >= 15 is 0 Å². The highest BCUT2D eigenvalue weighted by molar-refractivity contribution is 6.31. The summed E-state index contributed by atoms with van der Waals surface area (Å²) in [5, 5.41) is 58.0. The van der Waals surface area contributed by atoms with Crippen molar-refractivity contribution in [3.63, 3.8) is 0 Å². The molecular weight excluding hydrogens is 538 g/mol. The van der Waals surface area contributed by atoms with E-state index in [2.05, 4.69) is 5.32 Å². The zero-order valence-corrected chi connectivity index (χ0v) is 23.0. The number of carbonyl (C=O) groups is 3. The number of carbonyl (C=O) groups excluding carboxylic acids is 3. The van der Waals surface area contributed by atoms with Crippen LogP contribution in [0.1, 0.15) is 82.7 Å². The first-order valence-electron chi connectivity index (χ1n) is 13.3. The van der Waals surface area contributed by atoms with Crippen LogP contribution in [0, 0.1) is 0 Å². The van der Waals surface area contributed by atoms with Crippen LogP contribution in [0.2, 0.25) is 0 Å². The number of methoxy groups -OCH3 is 1.